The molecule has 0 saturated heterocycles. The zero-order valence-electron chi connectivity index (χ0n) is 18.6. The van der Waals surface area contributed by atoms with E-state index in [1.807, 2.05) is 0 Å². The molecule has 1 unspecified atom stereocenters. The van der Waals surface area contributed by atoms with Crippen LogP contribution in [0.5, 0.6) is 5.75 Å². The van der Waals surface area contributed by atoms with Crippen LogP contribution in [0.2, 0.25) is 0 Å². The van der Waals surface area contributed by atoms with E-state index in [9.17, 15) is 14.4 Å². The summed E-state index contributed by atoms with van der Waals surface area (Å²) in [4.78, 5) is 39.7. The summed E-state index contributed by atoms with van der Waals surface area (Å²) in [5.74, 6) is 2.20. The number of amides is 3. The number of methoxy groups -OCH3 is 1. The first-order chi connectivity index (χ1) is 14.8. The molecule has 3 amide bonds. The van der Waals surface area contributed by atoms with E-state index >= 15 is 0 Å². The molecule has 7 heteroatoms. The fourth-order valence-corrected chi connectivity index (χ4v) is 6.30. The summed E-state index contributed by atoms with van der Waals surface area (Å²) in [6, 6.07) is 6.35. The van der Waals surface area contributed by atoms with Crippen LogP contribution < -0.4 is 15.4 Å². The summed E-state index contributed by atoms with van der Waals surface area (Å²) in [6.45, 7) is 1.63. The van der Waals surface area contributed by atoms with E-state index in [0.717, 1.165) is 19.3 Å². The quantitative estimate of drug-likeness (QED) is 0.700. The molecular weight excluding hydrogens is 394 g/mol. The fourth-order valence-electron chi connectivity index (χ4n) is 6.30. The van der Waals surface area contributed by atoms with Crippen LogP contribution in [0, 0.1) is 23.2 Å². The van der Waals surface area contributed by atoms with Crippen molar-refractivity contribution >= 4 is 23.4 Å². The van der Waals surface area contributed by atoms with Crippen LogP contribution in [0.4, 0.5) is 5.69 Å². The van der Waals surface area contributed by atoms with Crippen molar-refractivity contribution in [3.8, 4) is 5.75 Å². The van der Waals surface area contributed by atoms with Gasteiger partial charge in [0.2, 0.25) is 17.7 Å². The molecule has 4 bridgehead atoms. The number of likely N-dealkylation sites (N-methyl/N-ethyl adjacent to an activating group) is 1. The van der Waals surface area contributed by atoms with E-state index < -0.39 is 6.04 Å². The van der Waals surface area contributed by atoms with Crippen molar-refractivity contribution in [2.45, 2.75) is 51.5 Å². The lowest BCUT2D eigenvalue weighted by molar-refractivity contribution is -0.149. The van der Waals surface area contributed by atoms with Crippen molar-refractivity contribution in [3.63, 3.8) is 0 Å². The summed E-state index contributed by atoms with van der Waals surface area (Å²) >= 11 is 0. The SMILES string of the molecule is COc1ccc(NC(=O)CN(C)C(=O)C(C)NC(=O)C23CC4CC(CC(C4)C2)C3)cc1. The van der Waals surface area contributed by atoms with Crippen LogP contribution in [0.15, 0.2) is 24.3 Å². The van der Waals surface area contributed by atoms with Crippen molar-refractivity contribution in [2.75, 3.05) is 26.0 Å². The van der Waals surface area contributed by atoms with Gasteiger partial charge in [0.05, 0.1) is 13.7 Å². The van der Waals surface area contributed by atoms with Crippen LogP contribution in [-0.4, -0.2) is 49.4 Å². The van der Waals surface area contributed by atoms with Crippen LogP contribution in [-0.2, 0) is 14.4 Å². The summed E-state index contributed by atoms with van der Waals surface area (Å²) in [7, 11) is 3.17. The lowest BCUT2D eigenvalue weighted by Crippen LogP contribution is -2.57. The van der Waals surface area contributed by atoms with E-state index in [1.165, 1.54) is 24.2 Å². The van der Waals surface area contributed by atoms with Gasteiger partial charge in [-0.25, -0.2) is 0 Å². The second-order valence-corrected chi connectivity index (χ2v) is 9.86. The van der Waals surface area contributed by atoms with E-state index in [1.54, 1.807) is 45.3 Å². The summed E-state index contributed by atoms with van der Waals surface area (Å²) in [6.07, 6.45) is 6.71. The second-order valence-electron chi connectivity index (χ2n) is 9.86. The van der Waals surface area contributed by atoms with Gasteiger partial charge in [0, 0.05) is 18.2 Å². The number of rotatable bonds is 7. The molecule has 168 valence electrons. The highest BCUT2D eigenvalue weighted by molar-refractivity contribution is 5.96. The molecule has 0 radical (unpaired) electrons. The van der Waals surface area contributed by atoms with Gasteiger partial charge >= 0.3 is 0 Å². The molecule has 4 aliphatic rings. The number of carbonyl (C=O) groups excluding carboxylic acids is 3. The molecule has 5 rings (SSSR count). The van der Waals surface area contributed by atoms with Gasteiger partial charge in [-0.15, -0.1) is 0 Å². The number of hydrogen-bond acceptors (Lipinski definition) is 4. The molecule has 2 N–H and O–H groups in total. The number of nitrogens with one attached hydrogen (secondary N) is 2. The Hall–Kier alpha value is -2.57. The number of hydrogen-bond donors (Lipinski definition) is 2. The zero-order chi connectivity index (χ0) is 22.2. The van der Waals surface area contributed by atoms with Crippen molar-refractivity contribution in [1.82, 2.24) is 10.2 Å². The Morgan fingerprint density at radius 2 is 1.61 bits per heavy atom. The normalized spacial score (nSPS) is 29.2. The molecule has 4 saturated carbocycles. The Kier molecular flexibility index (Phi) is 5.95. The lowest BCUT2D eigenvalue weighted by atomic mass is 9.49. The first-order valence-corrected chi connectivity index (χ1v) is 11.3. The second kappa shape index (κ2) is 8.52. The zero-order valence-corrected chi connectivity index (χ0v) is 18.6. The van der Waals surface area contributed by atoms with E-state index in [-0.39, 0.29) is 29.7 Å². The summed E-state index contributed by atoms with van der Waals surface area (Å²) in [5.41, 5.74) is 0.350. The smallest absolute Gasteiger partial charge is 0.245 e. The standard InChI is InChI=1S/C24H33N3O4/c1-15(25-23(30)24-11-16-8-17(12-24)10-18(9-16)13-24)22(29)27(2)14-21(28)26-19-4-6-20(31-3)7-5-19/h4-7,15-18H,8-14H2,1-3H3,(H,25,30)(H,26,28). The van der Waals surface area contributed by atoms with Gasteiger partial charge in [0.1, 0.15) is 11.8 Å². The van der Waals surface area contributed by atoms with Gasteiger partial charge in [-0.1, -0.05) is 0 Å². The summed E-state index contributed by atoms with van der Waals surface area (Å²) in [5, 5.41) is 5.75. The van der Waals surface area contributed by atoms with Gasteiger partial charge in [-0.05, 0) is 87.5 Å². The highest BCUT2D eigenvalue weighted by Crippen LogP contribution is 2.60. The molecule has 1 atom stereocenters. The van der Waals surface area contributed by atoms with Gasteiger partial charge < -0.3 is 20.3 Å². The third-order valence-corrected chi connectivity index (χ3v) is 7.37. The summed E-state index contributed by atoms with van der Waals surface area (Å²) < 4.78 is 5.10. The number of benzene rings is 1. The fraction of sp³-hybridized carbons (Fsp3) is 0.625. The minimum absolute atomic E-state index is 0.0311. The lowest BCUT2D eigenvalue weighted by Gasteiger charge is -2.55. The maximum Gasteiger partial charge on any atom is 0.245 e. The minimum atomic E-state index is -0.653. The van der Waals surface area contributed by atoms with Crippen molar-refractivity contribution in [3.05, 3.63) is 24.3 Å². The molecule has 31 heavy (non-hydrogen) atoms. The predicted molar refractivity (Wildman–Crippen MR) is 117 cm³/mol. The van der Waals surface area contributed by atoms with Crippen LogP contribution in [0.25, 0.3) is 0 Å². The Bertz CT molecular complexity index is 816. The van der Waals surface area contributed by atoms with Gasteiger partial charge in [-0.2, -0.15) is 0 Å². The number of carbonyl (C=O) groups is 3. The number of ether oxygens (including phenoxy) is 1. The Morgan fingerprint density at radius 1 is 1.06 bits per heavy atom. The van der Waals surface area contributed by atoms with E-state index in [0.29, 0.717) is 29.2 Å². The Labute approximate surface area is 183 Å². The average Bonchev–Trinajstić information content (AvgIpc) is 2.72. The topological polar surface area (TPSA) is 87.7 Å². The average molecular weight is 428 g/mol. The number of anilines is 1. The van der Waals surface area contributed by atoms with Crippen LogP contribution in [0.1, 0.15) is 45.4 Å². The van der Waals surface area contributed by atoms with E-state index in [4.69, 9.17) is 4.74 Å². The van der Waals surface area contributed by atoms with Crippen molar-refractivity contribution in [2.24, 2.45) is 23.2 Å². The minimum Gasteiger partial charge on any atom is -0.497 e. The first kappa shape index (κ1) is 21.7. The van der Waals surface area contributed by atoms with Crippen molar-refractivity contribution in [1.29, 1.82) is 0 Å². The third kappa shape index (κ3) is 4.55. The highest BCUT2D eigenvalue weighted by atomic mass is 16.5. The molecule has 0 spiro atoms. The molecule has 7 nitrogen and oxygen atoms in total. The first-order valence-electron chi connectivity index (χ1n) is 11.3. The molecule has 4 fully saturated rings. The molecule has 0 heterocycles. The molecular formula is C24H33N3O4. The van der Waals surface area contributed by atoms with E-state index in [2.05, 4.69) is 10.6 Å². The molecule has 0 aliphatic heterocycles. The van der Waals surface area contributed by atoms with Gasteiger partial charge in [0.15, 0.2) is 0 Å². The molecule has 1 aromatic rings. The van der Waals surface area contributed by atoms with Gasteiger partial charge in [0.25, 0.3) is 0 Å². The van der Waals surface area contributed by atoms with Crippen LogP contribution in [0.3, 0.4) is 0 Å². The van der Waals surface area contributed by atoms with Crippen LogP contribution >= 0.6 is 0 Å². The number of nitrogens with zero attached hydrogens (tertiary/aromatic N) is 1. The maximum atomic E-state index is 13.2. The van der Waals surface area contributed by atoms with Crippen molar-refractivity contribution < 1.29 is 19.1 Å². The Balaban J connectivity index is 1.29. The predicted octanol–water partition coefficient (Wildman–Crippen LogP) is 2.81. The molecule has 4 aliphatic carbocycles. The monoisotopic (exact) mass is 427 g/mol. The third-order valence-electron chi connectivity index (χ3n) is 7.37. The molecule has 1 aromatic carbocycles. The largest absolute Gasteiger partial charge is 0.497 e. The highest BCUT2D eigenvalue weighted by Gasteiger charge is 2.54. The Morgan fingerprint density at radius 3 is 2.13 bits per heavy atom. The van der Waals surface area contributed by atoms with Gasteiger partial charge in [-0.3, -0.25) is 14.4 Å². The maximum absolute atomic E-state index is 13.2. The molecule has 0 aromatic heterocycles.